The molecule has 0 heterocycles. The molecule has 4 nitrogen and oxygen atoms in total. The van der Waals surface area contributed by atoms with E-state index in [9.17, 15) is 0 Å². The SMILES string of the molecule is CC(C)NCc1ccc(O[B]Oc2ccc(CNC(C)C)cc2)cc1. The number of rotatable bonds is 10. The van der Waals surface area contributed by atoms with Crippen LogP contribution in [0.5, 0.6) is 11.5 Å². The Balaban J connectivity index is 1.73. The first-order valence-electron chi connectivity index (χ1n) is 8.82. The lowest BCUT2D eigenvalue weighted by molar-refractivity contribution is 0.458. The predicted octanol–water partition coefficient (Wildman–Crippen LogP) is 3.67. The highest BCUT2D eigenvalue weighted by molar-refractivity contribution is 6.20. The van der Waals surface area contributed by atoms with E-state index in [1.54, 1.807) is 0 Å². The lowest BCUT2D eigenvalue weighted by Crippen LogP contribution is -2.21. The predicted molar refractivity (Wildman–Crippen MR) is 104 cm³/mol. The van der Waals surface area contributed by atoms with Crippen LogP contribution in [-0.4, -0.2) is 19.8 Å². The second-order valence-corrected chi connectivity index (χ2v) is 6.69. The highest BCUT2D eigenvalue weighted by Crippen LogP contribution is 2.14. The quantitative estimate of drug-likeness (QED) is 0.648. The molecular weight excluding hydrogens is 311 g/mol. The Bertz CT molecular complexity index is 557. The van der Waals surface area contributed by atoms with Crippen LogP contribution in [0.4, 0.5) is 0 Å². The van der Waals surface area contributed by atoms with Gasteiger partial charge in [0, 0.05) is 25.2 Å². The highest BCUT2D eigenvalue weighted by Gasteiger charge is 2.03. The van der Waals surface area contributed by atoms with Gasteiger partial charge >= 0.3 is 7.69 Å². The van der Waals surface area contributed by atoms with Crippen LogP contribution in [0, 0.1) is 0 Å². The van der Waals surface area contributed by atoms with E-state index in [1.165, 1.54) is 18.8 Å². The van der Waals surface area contributed by atoms with E-state index in [-0.39, 0.29) is 0 Å². The lowest BCUT2D eigenvalue weighted by Gasteiger charge is -2.10. The van der Waals surface area contributed by atoms with E-state index >= 15 is 0 Å². The number of nitrogens with one attached hydrogen (secondary N) is 2. The monoisotopic (exact) mass is 339 g/mol. The summed E-state index contributed by atoms with van der Waals surface area (Å²) in [6, 6.07) is 16.9. The smallest absolute Gasteiger partial charge is 0.526 e. The Morgan fingerprint density at radius 3 is 1.36 bits per heavy atom. The average molecular weight is 339 g/mol. The van der Waals surface area contributed by atoms with Crippen molar-refractivity contribution in [2.24, 2.45) is 0 Å². The summed E-state index contributed by atoms with van der Waals surface area (Å²) in [5.74, 6) is 1.51. The Morgan fingerprint density at radius 2 is 1.04 bits per heavy atom. The molecule has 0 aliphatic heterocycles. The summed E-state index contributed by atoms with van der Waals surface area (Å²) >= 11 is 0. The minimum absolute atomic E-state index is 0.477. The van der Waals surface area contributed by atoms with Crippen molar-refractivity contribution in [2.45, 2.75) is 52.9 Å². The molecule has 0 saturated heterocycles. The van der Waals surface area contributed by atoms with Crippen LogP contribution in [0.25, 0.3) is 0 Å². The van der Waals surface area contributed by atoms with E-state index in [4.69, 9.17) is 9.31 Å². The molecule has 2 aromatic carbocycles. The minimum Gasteiger partial charge on any atom is -0.526 e. The molecule has 1 radical (unpaired) electrons. The van der Waals surface area contributed by atoms with E-state index in [0.29, 0.717) is 12.1 Å². The van der Waals surface area contributed by atoms with Gasteiger partial charge in [-0.15, -0.1) is 0 Å². The van der Waals surface area contributed by atoms with Crippen LogP contribution in [0.15, 0.2) is 48.5 Å². The zero-order valence-corrected chi connectivity index (χ0v) is 15.6. The second kappa shape index (κ2) is 10.1. The maximum absolute atomic E-state index is 5.52. The zero-order chi connectivity index (χ0) is 18.1. The van der Waals surface area contributed by atoms with Gasteiger partial charge in [-0.3, -0.25) is 0 Å². The van der Waals surface area contributed by atoms with Gasteiger partial charge in [0.05, 0.1) is 0 Å². The molecule has 2 rings (SSSR count). The summed E-state index contributed by atoms with van der Waals surface area (Å²) in [7, 11) is 1.36. The summed E-state index contributed by atoms with van der Waals surface area (Å²) in [4.78, 5) is 0. The fourth-order valence-corrected chi connectivity index (χ4v) is 2.15. The average Bonchev–Trinajstić information content (AvgIpc) is 2.60. The first-order chi connectivity index (χ1) is 12.0. The van der Waals surface area contributed by atoms with Gasteiger partial charge in [-0.2, -0.15) is 0 Å². The Labute approximate surface area is 152 Å². The minimum atomic E-state index is 0.477. The highest BCUT2D eigenvalue weighted by atomic mass is 16.6. The van der Waals surface area contributed by atoms with Crippen molar-refractivity contribution in [3.63, 3.8) is 0 Å². The lowest BCUT2D eigenvalue weighted by atomic mass is 10.2. The Kier molecular flexibility index (Phi) is 7.83. The molecule has 2 N–H and O–H groups in total. The van der Waals surface area contributed by atoms with Gasteiger partial charge in [0.2, 0.25) is 0 Å². The summed E-state index contributed by atoms with van der Waals surface area (Å²) in [5, 5.41) is 6.78. The third-order valence-electron chi connectivity index (χ3n) is 3.64. The maximum atomic E-state index is 5.52. The number of benzene rings is 2. The van der Waals surface area contributed by atoms with Gasteiger partial charge in [-0.25, -0.2) is 0 Å². The number of hydrogen-bond acceptors (Lipinski definition) is 4. The number of hydrogen-bond donors (Lipinski definition) is 2. The maximum Gasteiger partial charge on any atom is 0.658 e. The van der Waals surface area contributed by atoms with E-state index < -0.39 is 0 Å². The van der Waals surface area contributed by atoms with Crippen molar-refractivity contribution in [2.75, 3.05) is 0 Å². The van der Waals surface area contributed by atoms with Crippen molar-refractivity contribution >= 4 is 7.69 Å². The van der Waals surface area contributed by atoms with E-state index in [0.717, 1.165) is 24.6 Å². The summed E-state index contributed by atoms with van der Waals surface area (Å²) in [6.07, 6.45) is 0. The van der Waals surface area contributed by atoms with Crippen molar-refractivity contribution in [1.29, 1.82) is 0 Å². The van der Waals surface area contributed by atoms with Crippen molar-refractivity contribution in [3.05, 3.63) is 59.7 Å². The van der Waals surface area contributed by atoms with Gasteiger partial charge in [0.25, 0.3) is 0 Å². The third kappa shape index (κ3) is 7.63. The Hall–Kier alpha value is -1.98. The molecule has 0 unspecified atom stereocenters. The molecule has 0 aliphatic rings. The molecule has 0 bridgehead atoms. The van der Waals surface area contributed by atoms with Crippen LogP contribution >= 0.6 is 0 Å². The fraction of sp³-hybridized carbons (Fsp3) is 0.400. The molecule has 0 atom stereocenters. The molecular formula is C20H28BN2O2. The summed E-state index contributed by atoms with van der Waals surface area (Å²) < 4.78 is 11.0. The zero-order valence-electron chi connectivity index (χ0n) is 15.6. The molecule has 2 aromatic rings. The van der Waals surface area contributed by atoms with Crippen molar-refractivity contribution in [1.82, 2.24) is 10.6 Å². The molecule has 0 fully saturated rings. The molecule has 0 aliphatic carbocycles. The Morgan fingerprint density at radius 1 is 0.680 bits per heavy atom. The van der Waals surface area contributed by atoms with Crippen LogP contribution < -0.4 is 19.9 Å². The molecule has 5 heteroatoms. The largest absolute Gasteiger partial charge is 0.658 e. The van der Waals surface area contributed by atoms with Crippen molar-refractivity contribution < 1.29 is 9.31 Å². The molecule has 25 heavy (non-hydrogen) atoms. The second-order valence-electron chi connectivity index (χ2n) is 6.69. The summed E-state index contributed by atoms with van der Waals surface area (Å²) in [5.41, 5.74) is 2.46. The molecule has 0 saturated carbocycles. The van der Waals surface area contributed by atoms with Gasteiger partial charge in [0.15, 0.2) is 0 Å². The topological polar surface area (TPSA) is 42.5 Å². The van der Waals surface area contributed by atoms with E-state index in [1.807, 2.05) is 24.3 Å². The summed E-state index contributed by atoms with van der Waals surface area (Å²) in [6.45, 7) is 10.3. The van der Waals surface area contributed by atoms with Crippen LogP contribution in [-0.2, 0) is 13.1 Å². The fourth-order valence-electron chi connectivity index (χ4n) is 2.15. The van der Waals surface area contributed by atoms with Crippen LogP contribution in [0.2, 0.25) is 0 Å². The van der Waals surface area contributed by atoms with Gasteiger partial charge in [0.1, 0.15) is 11.5 Å². The molecule has 0 aromatic heterocycles. The van der Waals surface area contributed by atoms with Gasteiger partial charge in [-0.1, -0.05) is 52.0 Å². The third-order valence-corrected chi connectivity index (χ3v) is 3.64. The normalized spacial score (nSPS) is 11.0. The first kappa shape index (κ1) is 19.4. The molecule has 133 valence electrons. The van der Waals surface area contributed by atoms with Crippen molar-refractivity contribution in [3.8, 4) is 11.5 Å². The van der Waals surface area contributed by atoms with Crippen LogP contribution in [0.1, 0.15) is 38.8 Å². The molecule has 0 spiro atoms. The van der Waals surface area contributed by atoms with Gasteiger partial charge in [-0.05, 0) is 35.4 Å². The van der Waals surface area contributed by atoms with Crippen LogP contribution in [0.3, 0.4) is 0 Å². The first-order valence-corrected chi connectivity index (χ1v) is 8.82. The molecule has 0 amide bonds. The van der Waals surface area contributed by atoms with E-state index in [2.05, 4.69) is 62.6 Å². The van der Waals surface area contributed by atoms with Gasteiger partial charge < -0.3 is 19.9 Å². The standard InChI is InChI=1S/C20H28BN2O2/c1-15(2)22-13-17-5-9-19(10-6-17)24-21-25-20-11-7-18(8-12-20)14-23-16(3)4/h5-12,15-16,22-23H,13-14H2,1-4H3.